The fraction of sp³-hybridized carbons (Fsp3) is 0.500. The first-order valence-electron chi connectivity index (χ1n) is 5.77. The zero-order valence-corrected chi connectivity index (χ0v) is 12.4. The highest BCUT2D eigenvalue weighted by molar-refractivity contribution is 7.93. The molecule has 1 aliphatic rings. The van der Waals surface area contributed by atoms with Gasteiger partial charge >= 0.3 is 0 Å². The van der Waals surface area contributed by atoms with E-state index in [1.54, 1.807) is 6.07 Å². The molecule has 0 heterocycles. The van der Waals surface area contributed by atoms with Gasteiger partial charge < -0.3 is 5.11 Å². The normalized spacial score (nSPS) is 18.3. The fourth-order valence-electron chi connectivity index (χ4n) is 2.09. The van der Waals surface area contributed by atoms with Gasteiger partial charge in [0.25, 0.3) is 0 Å². The summed E-state index contributed by atoms with van der Waals surface area (Å²) in [5.74, 6) is 0. The zero-order chi connectivity index (χ0) is 14.5. The van der Waals surface area contributed by atoms with Gasteiger partial charge in [-0.3, -0.25) is 0 Å². The third-order valence-electron chi connectivity index (χ3n) is 3.18. The molecule has 19 heavy (non-hydrogen) atoms. The minimum Gasteiger partial charge on any atom is -0.390 e. The van der Waals surface area contributed by atoms with Crippen LogP contribution in [0.2, 0.25) is 0 Å². The summed E-state index contributed by atoms with van der Waals surface area (Å²) >= 11 is 0. The van der Waals surface area contributed by atoms with Crippen LogP contribution in [0.15, 0.2) is 28.0 Å². The molecule has 0 radical (unpaired) electrons. The van der Waals surface area contributed by atoms with Gasteiger partial charge in [0.05, 0.1) is 15.4 Å². The summed E-state index contributed by atoms with van der Waals surface area (Å²) in [5, 5.41) is 9.92. The second-order valence-corrected chi connectivity index (χ2v) is 9.13. The quantitative estimate of drug-likeness (QED) is 0.878. The monoisotopic (exact) mass is 304 g/mol. The standard InChI is InChI=1S/C12H16O5S2/c1-18(14,15)10-5-3-4-9(8-12(13)6-7-12)11(10)19(2,16)17/h3-5,13H,6-8H2,1-2H3. The number of hydrogen-bond acceptors (Lipinski definition) is 5. The Morgan fingerprint density at radius 1 is 1.11 bits per heavy atom. The average Bonchev–Trinajstić information content (AvgIpc) is 2.92. The van der Waals surface area contributed by atoms with Crippen molar-refractivity contribution in [2.24, 2.45) is 0 Å². The molecule has 0 aliphatic heterocycles. The molecule has 1 aromatic carbocycles. The van der Waals surface area contributed by atoms with E-state index < -0.39 is 25.3 Å². The minimum absolute atomic E-state index is 0.165. The Morgan fingerprint density at radius 3 is 2.11 bits per heavy atom. The lowest BCUT2D eigenvalue weighted by atomic mass is 10.1. The topological polar surface area (TPSA) is 88.5 Å². The number of rotatable bonds is 4. The molecule has 0 amide bonds. The van der Waals surface area contributed by atoms with E-state index in [9.17, 15) is 21.9 Å². The van der Waals surface area contributed by atoms with Gasteiger partial charge in [-0.2, -0.15) is 0 Å². The van der Waals surface area contributed by atoms with Gasteiger partial charge in [-0.25, -0.2) is 16.8 Å². The lowest BCUT2D eigenvalue weighted by molar-refractivity contribution is 0.150. The van der Waals surface area contributed by atoms with E-state index in [0.29, 0.717) is 18.4 Å². The van der Waals surface area contributed by atoms with Gasteiger partial charge in [-0.15, -0.1) is 0 Å². The number of sulfone groups is 2. The maximum Gasteiger partial charge on any atom is 0.177 e. The summed E-state index contributed by atoms with van der Waals surface area (Å²) < 4.78 is 47.2. The maximum absolute atomic E-state index is 11.9. The second-order valence-electron chi connectivity index (χ2n) is 5.19. The van der Waals surface area contributed by atoms with Crippen LogP contribution < -0.4 is 0 Å². The SMILES string of the molecule is CS(=O)(=O)c1cccc(CC2(O)CC2)c1S(C)(=O)=O. The molecule has 5 nitrogen and oxygen atoms in total. The molecule has 0 bridgehead atoms. The van der Waals surface area contributed by atoms with Crippen LogP contribution in [0.4, 0.5) is 0 Å². The van der Waals surface area contributed by atoms with Gasteiger partial charge in [-0.1, -0.05) is 12.1 Å². The third kappa shape index (κ3) is 3.16. The van der Waals surface area contributed by atoms with E-state index in [2.05, 4.69) is 0 Å². The highest BCUT2D eigenvalue weighted by Gasteiger charge is 2.41. The van der Waals surface area contributed by atoms with Crippen LogP contribution in [-0.2, 0) is 26.1 Å². The van der Waals surface area contributed by atoms with Gasteiger partial charge in [0.1, 0.15) is 0 Å². The molecule has 106 valence electrons. The Kier molecular flexibility index (Phi) is 3.27. The number of benzene rings is 1. The summed E-state index contributed by atoms with van der Waals surface area (Å²) in [5.41, 5.74) is -0.513. The molecule has 1 aliphatic carbocycles. The van der Waals surface area contributed by atoms with E-state index in [4.69, 9.17) is 0 Å². The lowest BCUT2D eigenvalue weighted by Crippen LogP contribution is -2.16. The van der Waals surface area contributed by atoms with Crippen LogP contribution in [0.25, 0.3) is 0 Å². The number of aliphatic hydroxyl groups is 1. The van der Waals surface area contributed by atoms with Crippen molar-refractivity contribution in [2.75, 3.05) is 12.5 Å². The highest BCUT2D eigenvalue weighted by Crippen LogP contribution is 2.40. The summed E-state index contributed by atoms with van der Waals surface area (Å²) in [4.78, 5) is -0.380. The van der Waals surface area contributed by atoms with Crippen molar-refractivity contribution >= 4 is 19.7 Å². The molecular weight excluding hydrogens is 288 g/mol. The van der Waals surface area contributed by atoms with Gasteiger partial charge in [-0.05, 0) is 24.5 Å². The van der Waals surface area contributed by atoms with E-state index in [1.807, 2.05) is 0 Å². The average molecular weight is 304 g/mol. The van der Waals surface area contributed by atoms with Crippen molar-refractivity contribution in [3.63, 3.8) is 0 Å². The minimum atomic E-state index is -3.68. The Hall–Kier alpha value is -0.920. The first-order chi connectivity index (χ1) is 8.53. The van der Waals surface area contributed by atoms with Crippen molar-refractivity contribution in [3.05, 3.63) is 23.8 Å². The van der Waals surface area contributed by atoms with E-state index >= 15 is 0 Å². The molecule has 1 aromatic rings. The Bertz CT molecular complexity index is 712. The van der Waals surface area contributed by atoms with E-state index in [-0.39, 0.29) is 16.2 Å². The predicted octanol–water partition coefficient (Wildman–Crippen LogP) is 0.561. The highest BCUT2D eigenvalue weighted by atomic mass is 32.2. The van der Waals surface area contributed by atoms with Crippen LogP contribution >= 0.6 is 0 Å². The summed E-state index contributed by atoms with van der Waals surface area (Å²) in [6, 6.07) is 4.35. The summed E-state index contributed by atoms with van der Waals surface area (Å²) in [7, 11) is -7.32. The fourth-order valence-corrected chi connectivity index (χ4v) is 4.84. The van der Waals surface area contributed by atoms with Gasteiger partial charge in [0.15, 0.2) is 19.7 Å². The lowest BCUT2D eigenvalue weighted by Gasteiger charge is -2.14. The van der Waals surface area contributed by atoms with Crippen molar-refractivity contribution < 1.29 is 21.9 Å². The van der Waals surface area contributed by atoms with E-state index in [0.717, 1.165) is 12.5 Å². The predicted molar refractivity (Wildman–Crippen MR) is 70.5 cm³/mol. The molecule has 0 spiro atoms. The van der Waals surface area contributed by atoms with Crippen LogP contribution in [0.3, 0.4) is 0 Å². The van der Waals surface area contributed by atoms with Crippen LogP contribution in [0.5, 0.6) is 0 Å². The molecular formula is C12H16O5S2. The van der Waals surface area contributed by atoms with Gasteiger partial charge in [0.2, 0.25) is 0 Å². The first kappa shape index (κ1) is 14.5. The van der Waals surface area contributed by atoms with E-state index in [1.165, 1.54) is 12.1 Å². The third-order valence-corrected chi connectivity index (χ3v) is 5.67. The first-order valence-corrected chi connectivity index (χ1v) is 9.56. The second kappa shape index (κ2) is 4.29. The maximum atomic E-state index is 11.9. The Balaban J connectivity index is 2.68. The molecule has 0 atom stereocenters. The molecule has 0 saturated heterocycles. The van der Waals surface area contributed by atoms with Crippen molar-refractivity contribution in [1.29, 1.82) is 0 Å². The molecule has 2 rings (SSSR count). The smallest absolute Gasteiger partial charge is 0.177 e. The molecule has 1 N–H and O–H groups in total. The van der Waals surface area contributed by atoms with Crippen molar-refractivity contribution in [3.8, 4) is 0 Å². The van der Waals surface area contributed by atoms with Crippen LogP contribution in [0, 0.1) is 0 Å². The zero-order valence-electron chi connectivity index (χ0n) is 10.8. The molecule has 0 aromatic heterocycles. The van der Waals surface area contributed by atoms with Gasteiger partial charge in [0, 0.05) is 18.9 Å². The van der Waals surface area contributed by atoms with Crippen molar-refractivity contribution in [2.45, 2.75) is 34.7 Å². The molecule has 0 unspecified atom stereocenters. The Morgan fingerprint density at radius 2 is 1.68 bits per heavy atom. The van der Waals surface area contributed by atoms with Crippen LogP contribution in [-0.4, -0.2) is 40.1 Å². The molecule has 1 fully saturated rings. The van der Waals surface area contributed by atoms with Crippen molar-refractivity contribution in [1.82, 2.24) is 0 Å². The largest absolute Gasteiger partial charge is 0.390 e. The molecule has 1 saturated carbocycles. The molecule has 7 heteroatoms. The summed E-state index contributed by atoms with van der Waals surface area (Å²) in [6.07, 6.45) is 3.35. The number of hydrogen-bond donors (Lipinski definition) is 1. The van der Waals surface area contributed by atoms with Crippen LogP contribution in [0.1, 0.15) is 18.4 Å². The Labute approximate surface area is 113 Å². The summed E-state index contributed by atoms with van der Waals surface area (Å²) in [6.45, 7) is 0.